The zero-order valence-corrected chi connectivity index (χ0v) is 19.3. The lowest BCUT2D eigenvalue weighted by Crippen LogP contribution is -2.13. The molecule has 0 bridgehead atoms. The van der Waals surface area contributed by atoms with Crippen LogP contribution in [0.5, 0.6) is 5.75 Å². The Kier molecular flexibility index (Phi) is 10.2. The van der Waals surface area contributed by atoms with Crippen LogP contribution in [0.4, 0.5) is 0 Å². The standard InChI is InChI=1S/C21H33Cl3OSi/c1-2-3-4-5-7-18-8-10-19(11-9-18)20-12-14-21(15-13-20)25-16-6-17-26(22,23)24/h12-15,18-19H,2-11,16-17H2,1H3. The molecule has 0 heterocycles. The second kappa shape index (κ2) is 11.8. The summed E-state index contributed by atoms with van der Waals surface area (Å²) in [6.45, 7) is 2.90. The van der Waals surface area contributed by atoms with Crippen molar-refractivity contribution in [3.05, 3.63) is 29.8 Å². The molecule has 0 unspecified atom stereocenters. The summed E-state index contributed by atoms with van der Waals surface area (Å²) in [5.74, 6) is 2.61. The molecule has 1 aliphatic carbocycles. The van der Waals surface area contributed by atoms with Crippen molar-refractivity contribution >= 4 is 39.2 Å². The average Bonchev–Trinajstić information content (AvgIpc) is 2.63. The molecule has 0 spiro atoms. The first-order valence-corrected chi connectivity index (χ1v) is 15.5. The molecule has 148 valence electrons. The summed E-state index contributed by atoms with van der Waals surface area (Å²) in [5, 5.41) is 0. The Bertz CT molecular complexity index is 493. The predicted octanol–water partition coefficient (Wildman–Crippen LogP) is 8.36. The molecule has 0 atom stereocenters. The third-order valence-corrected chi connectivity index (χ3v) is 8.16. The van der Waals surface area contributed by atoms with E-state index in [1.54, 1.807) is 0 Å². The first-order chi connectivity index (χ1) is 12.5. The van der Waals surface area contributed by atoms with Crippen molar-refractivity contribution in [2.24, 2.45) is 5.92 Å². The van der Waals surface area contributed by atoms with Gasteiger partial charge in [-0.3, -0.25) is 0 Å². The van der Waals surface area contributed by atoms with Crippen LogP contribution in [0, 0.1) is 5.92 Å². The summed E-state index contributed by atoms with van der Waals surface area (Å²) >= 11 is 17.7. The molecule has 1 aliphatic rings. The van der Waals surface area contributed by atoms with Gasteiger partial charge in [0.2, 0.25) is 0 Å². The zero-order chi connectivity index (χ0) is 18.8. The van der Waals surface area contributed by atoms with E-state index in [-0.39, 0.29) is 0 Å². The number of hydrogen-bond acceptors (Lipinski definition) is 1. The third-order valence-electron chi connectivity index (χ3n) is 5.54. The van der Waals surface area contributed by atoms with Crippen LogP contribution in [0.2, 0.25) is 6.04 Å². The van der Waals surface area contributed by atoms with Crippen LogP contribution in [0.25, 0.3) is 0 Å². The minimum absolute atomic E-state index is 0.614. The topological polar surface area (TPSA) is 9.23 Å². The van der Waals surface area contributed by atoms with E-state index in [2.05, 4.69) is 31.2 Å². The van der Waals surface area contributed by atoms with E-state index < -0.39 is 6.00 Å². The molecule has 1 aromatic rings. The lowest BCUT2D eigenvalue weighted by molar-refractivity contribution is 0.301. The fraction of sp³-hybridized carbons (Fsp3) is 0.714. The van der Waals surface area contributed by atoms with E-state index in [0.29, 0.717) is 12.7 Å². The van der Waals surface area contributed by atoms with Crippen LogP contribution in [0.15, 0.2) is 24.3 Å². The molecule has 1 nitrogen and oxygen atoms in total. The highest BCUT2D eigenvalue weighted by molar-refractivity contribution is 7.64. The molecule has 5 heteroatoms. The molecule has 0 radical (unpaired) electrons. The molecule has 0 aromatic heterocycles. The van der Waals surface area contributed by atoms with Crippen molar-refractivity contribution < 1.29 is 4.74 Å². The number of hydrogen-bond donors (Lipinski definition) is 0. The van der Waals surface area contributed by atoms with E-state index in [4.69, 9.17) is 38.0 Å². The smallest absolute Gasteiger partial charge is 0.341 e. The summed E-state index contributed by atoms with van der Waals surface area (Å²) in [6, 6.07) is 6.82. The van der Waals surface area contributed by atoms with Crippen molar-refractivity contribution in [3.63, 3.8) is 0 Å². The third kappa shape index (κ3) is 8.86. The van der Waals surface area contributed by atoms with E-state index in [1.165, 1.54) is 63.4 Å². The van der Waals surface area contributed by atoms with E-state index >= 15 is 0 Å². The lowest BCUT2D eigenvalue weighted by Gasteiger charge is -2.29. The Morgan fingerprint density at radius 1 is 0.923 bits per heavy atom. The van der Waals surface area contributed by atoms with Gasteiger partial charge in [-0.05, 0) is 67.7 Å². The Morgan fingerprint density at radius 3 is 2.23 bits per heavy atom. The molecular formula is C21H33Cl3OSi. The molecule has 26 heavy (non-hydrogen) atoms. The van der Waals surface area contributed by atoms with Crippen LogP contribution in [-0.2, 0) is 0 Å². The molecule has 0 aliphatic heterocycles. The second-order valence-electron chi connectivity index (χ2n) is 7.70. The number of unbranched alkanes of at least 4 members (excludes halogenated alkanes) is 3. The SMILES string of the molecule is CCCCCCC1CCC(c2ccc(OCCC[Si](Cl)(Cl)Cl)cc2)CC1. The predicted molar refractivity (Wildman–Crippen MR) is 118 cm³/mol. The molecule has 2 rings (SSSR count). The number of benzene rings is 1. The maximum absolute atomic E-state index is 5.89. The molecular weight excluding hydrogens is 403 g/mol. The van der Waals surface area contributed by atoms with Gasteiger partial charge in [-0.25, -0.2) is 0 Å². The Labute approximate surface area is 174 Å². The molecule has 0 amide bonds. The fourth-order valence-electron chi connectivity index (χ4n) is 3.94. The highest BCUT2D eigenvalue weighted by atomic mass is 35.8. The quantitative estimate of drug-likeness (QED) is 0.193. The van der Waals surface area contributed by atoms with Crippen LogP contribution in [0.1, 0.15) is 82.6 Å². The largest absolute Gasteiger partial charge is 0.494 e. The maximum atomic E-state index is 5.89. The lowest BCUT2D eigenvalue weighted by atomic mass is 9.77. The zero-order valence-electron chi connectivity index (χ0n) is 16.0. The summed E-state index contributed by atoms with van der Waals surface area (Å²) < 4.78 is 5.77. The molecule has 1 fully saturated rings. The second-order valence-corrected chi connectivity index (χ2v) is 17.0. The van der Waals surface area contributed by atoms with Gasteiger partial charge in [0.05, 0.1) is 6.61 Å². The van der Waals surface area contributed by atoms with E-state index in [0.717, 1.165) is 24.0 Å². The summed E-state index contributed by atoms with van der Waals surface area (Å²) in [6.07, 6.45) is 13.3. The van der Waals surface area contributed by atoms with Gasteiger partial charge in [0, 0.05) is 0 Å². The highest BCUT2D eigenvalue weighted by Gasteiger charge is 2.24. The Morgan fingerprint density at radius 2 is 1.62 bits per heavy atom. The van der Waals surface area contributed by atoms with Crippen molar-refractivity contribution in [3.8, 4) is 5.75 Å². The van der Waals surface area contributed by atoms with Crippen molar-refractivity contribution in [2.45, 2.75) is 83.1 Å². The molecule has 1 aromatic carbocycles. The average molecular weight is 436 g/mol. The van der Waals surface area contributed by atoms with Gasteiger partial charge < -0.3 is 4.74 Å². The van der Waals surface area contributed by atoms with Crippen LogP contribution in [-0.4, -0.2) is 12.6 Å². The van der Waals surface area contributed by atoms with Gasteiger partial charge in [0.15, 0.2) is 0 Å². The van der Waals surface area contributed by atoms with Gasteiger partial charge in [-0.15, -0.1) is 33.2 Å². The van der Waals surface area contributed by atoms with Gasteiger partial charge in [0.25, 0.3) is 0 Å². The van der Waals surface area contributed by atoms with Crippen molar-refractivity contribution in [1.82, 2.24) is 0 Å². The molecule has 1 saturated carbocycles. The van der Waals surface area contributed by atoms with Crippen LogP contribution < -0.4 is 4.74 Å². The summed E-state index contributed by atoms with van der Waals surface area (Å²) in [7, 11) is 0. The van der Waals surface area contributed by atoms with Gasteiger partial charge >= 0.3 is 6.00 Å². The molecule has 0 N–H and O–H groups in total. The highest BCUT2D eigenvalue weighted by Crippen LogP contribution is 2.38. The summed E-state index contributed by atoms with van der Waals surface area (Å²) in [5.41, 5.74) is 1.47. The molecule has 0 saturated heterocycles. The fourth-order valence-corrected chi connectivity index (χ4v) is 5.69. The number of rotatable bonds is 11. The van der Waals surface area contributed by atoms with Crippen LogP contribution >= 0.6 is 33.2 Å². The summed E-state index contributed by atoms with van der Waals surface area (Å²) in [4.78, 5) is 0. The number of halogens is 3. The van der Waals surface area contributed by atoms with Crippen molar-refractivity contribution in [2.75, 3.05) is 6.61 Å². The first kappa shape index (κ1) is 22.4. The maximum Gasteiger partial charge on any atom is 0.341 e. The Hall–Kier alpha value is 0.107. The minimum atomic E-state index is -2.51. The van der Waals surface area contributed by atoms with E-state index in [9.17, 15) is 0 Å². The van der Waals surface area contributed by atoms with E-state index in [1.807, 2.05) is 0 Å². The van der Waals surface area contributed by atoms with Crippen LogP contribution in [0.3, 0.4) is 0 Å². The number of ether oxygens (including phenoxy) is 1. The van der Waals surface area contributed by atoms with Gasteiger partial charge in [0.1, 0.15) is 5.75 Å². The first-order valence-electron chi connectivity index (χ1n) is 10.3. The monoisotopic (exact) mass is 434 g/mol. The Balaban J connectivity index is 1.67. The van der Waals surface area contributed by atoms with Crippen molar-refractivity contribution in [1.29, 1.82) is 0 Å². The normalized spacial score (nSPS) is 20.9. The van der Waals surface area contributed by atoms with Gasteiger partial charge in [-0.1, -0.05) is 51.2 Å². The van der Waals surface area contributed by atoms with Gasteiger partial charge in [-0.2, -0.15) is 0 Å². The minimum Gasteiger partial charge on any atom is -0.494 e.